The van der Waals surface area contributed by atoms with E-state index in [2.05, 4.69) is 17.0 Å². The molecule has 0 N–H and O–H groups in total. The highest BCUT2D eigenvalue weighted by molar-refractivity contribution is 7.91. The monoisotopic (exact) mass is 434 g/mol. The molecule has 0 saturated carbocycles. The number of sulfone groups is 1. The molecule has 0 aromatic heterocycles. The van der Waals surface area contributed by atoms with E-state index >= 15 is 0 Å². The lowest BCUT2D eigenvalue weighted by molar-refractivity contribution is -0.133. The summed E-state index contributed by atoms with van der Waals surface area (Å²) in [7, 11) is -3.33. The highest BCUT2D eigenvalue weighted by atomic mass is 35.5. The Labute approximate surface area is 178 Å². The molecule has 1 aliphatic rings. The minimum atomic E-state index is -3.33. The lowest BCUT2D eigenvalue weighted by atomic mass is 10.1. The number of piperazine rings is 1. The standard InChI is InChI=1S/C22H27ClN2O3S/c23-20-9-11-21(12-10-20)29(27,28)18-17-24-13-15-25(16-14-24)22(26)8-4-7-19-5-2-1-3-6-19/h1-3,5-6,9-12H,4,7-8,13-18H2. The van der Waals surface area contributed by atoms with Crippen LogP contribution in [-0.2, 0) is 21.1 Å². The van der Waals surface area contributed by atoms with Gasteiger partial charge in [0.25, 0.3) is 0 Å². The number of aryl methyl sites for hydroxylation is 1. The van der Waals surface area contributed by atoms with E-state index in [-0.39, 0.29) is 11.7 Å². The van der Waals surface area contributed by atoms with Crippen molar-refractivity contribution in [1.29, 1.82) is 0 Å². The molecule has 2 aromatic rings. The van der Waals surface area contributed by atoms with Crippen molar-refractivity contribution in [3.8, 4) is 0 Å². The van der Waals surface area contributed by atoms with E-state index in [0.717, 1.165) is 12.8 Å². The second kappa shape index (κ2) is 10.2. The third-order valence-corrected chi connectivity index (χ3v) is 7.24. The van der Waals surface area contributed by atoms with Gasteiger partial charge in [0, 0.05) is 44.2 Å². The Bertz CT molecular complexity index is 893. The molecule has 0 unspecified atom stereocenters. The smallest absolute Gasteiger partial charge is 0.222 e. The predicted molar refractivity (Wildman–Crippen MR) is 116 cm³/mol. The van der Waals surface area contributed by atoms with Crippen molar-refractivity contribution in [1.82, 2.24) is 9.80 Å². The van der Waals surface area contributed by atoms with Gasteiger partial charge in [-0.15, -0.1) is 0 Å². The summed E-state index contributed by atoms with van der Waals surface area (Å²) < 4.78 is 24.9. The second-order valence-corrected chi connectivity index (χ2v) is 9.88. The molecular formula is C22H27ClN2O3S. The number of benzene rings is 2. The van der Waals surface area contributed by atoms with E-state index in [9.17, 15) is 13.2 Å². The Kier molecular flexibility index (Phi) is 7.70. The quantitative estimate of drug-likeness (QED) is 0.639. The van der Waals surface area contributed by atoms with E-state index in [1.54, 1.807) is 24.3 Å². The molecule has 1 amide bonds. The number of carbonyl (C=O) groups is 1. The molecule has 1 saturated heterocycles. The van der Waals surface area contributed by atoms with Gasteiger partial charge in [0.1, 0.15) is 0 Å². The topological polar surface area (TPSA) is 57.7 Å². The first kappa shape index (κ1) is 21.8. The molecule has 5 nitrogen and oxygen atoms in total. The van der Waals surface area contributed by atoms with E-state index in [1.807, 2.05) is 23.1 Å². The van der Waals surface area contributed by atoms with Crippen molar-refractivity contribution >= 4 is 27.3 Å². The Morgan fingerprint density at radius 3 is 2.24 bits per heavy atom. The third-order valence-electron chi connectivity index (χ3n) is 5.27. The predicted octanol–water partition coefficient (Wildman–Crippen LogP) is 3.28. The molecule has 3 rings (SSSR count). The van der Waals surface area contributed by atoms with Crippen LogP contribution in [0.5, 0.6) is 0 Å². The Balaban J connectivity index is 1.38. The Hall–Kier alpha value is -1.89. The van der Waals surface area contributed by atoms with Crippen LogP contribution in [0.2, 0.25) is 5.02 Å². The summed E-state index contributed by atoms with van der Waals surface area (Å²) in [5.74, 6) is 0.258. The van der Waals surface area contributed by atoms with Crippen molar-refractivity contribution < 1.29 is 13.2 Å². The molecule has 0 radical (unpaired) electrons. The van der Waals surface area contributed by atoms with Gasteiger partial charge in [-0.25, -0.2) is 8.42 Å². The number of amides is 1. The highest BCUT2D eigenvalue weighted by Gasteiger charge is 2.22. The number of nitrogens with zero attached hydrogens (tertiary/aromatic N) is 2. The van der Waals surface area contributed by atoms with Crippen molar-refractivity contribution in [2.75, 3.05) is 38.5 Å². The first-order chi connectivity index (χ1) is 13.9. The van der Waals surface area contributed by atoms with Gasteiger partial charge in [0.05, 0.1) is 10.6 Å². The largest absolute Gasteiger partial charge is 0.340 e. The number of hydrogen-bond donors (Lipinski definition) is 0. The molecule has 29 heavy (non-hydrogen) atoms. The zero-order valence-electron chi connectivity index (χ0n) is 16.5. The molecule has 156 valence electrons. The maximum Gasteiger partial charge on any atom is 0.222 e. The number of carbonyl (C=O) groups excluding carboxylic acids is 1. The van der Waals surface area contributed by atoms with E-state index in [4.69, 9.17) is 11.6 Å². The summed E-state index contributed by atoms with van der Waals surface area (Å²) >= 11 is 5.83. The van der Waals surface area contributed by atoms with Crippen LogP contribution in [0.4, 0.5) is 0 Å². The van der Waals surface area contributed by atoms with E-state index < -0.39 is 9.84 Å². The first-order valence-electron chi connectivity index (χ1n) is 9.96. The highest BCUT2D eigenvalue weighted by Crippen LogP contribution is 2.16. The zero-order valence-corrected chi connectivity index (χ0v) is 18.0. The summed E-state index contributed by atoms with van der Waals surface area (Å²) in [6.45, 7) is 3.21. The molecular weight excluding hydrogens is 408 g/mol. The molecule has 1 fully saturated rings. The van der Waals surface area contributed by atoms with Crippen LogP contribution >= 0.6 is 11.6 Å². The summed E-state index contributed by atoms with van der Waals surface area (Å²) in [5, 5.41) is 0.522. The first-order valence-corrected chi connectivity index (χ1v) is 12.0. The summed E-state index contributed by atoms with van der Waals surface area (Å²) in [5.41, 5.74) is 1.26. The molecule has 1 heterocycles. The van der Waals surface area contributed by atoms with Gasteiger partial charge in [-0.3, -0.25) is 9.69 Å². The molecule has 1 aliphatic heterocycles. The van der Waals surface area contributed by atoms with Crippen LogP contribution in [-0.4, -0.2) is 62.6 Å². The molecule has 0 bridgehead atoms. The fourth-order valence-electron chi connectivity index (χ4n) is 3.48. The Morgan fingerprint density at radius 1 is 0.931 bits per heavy atom. The van der Waals surface area contributed by atoms with Crippen molar-refractivity contribution in [2.45, 2.75) is 24.2 Å². The molecule has 0 atom stereocenters. The van der Waals surface area contributed by atoms with E-state index in [1.165, 1.54) is 5.56 Å². The SMILES string of the molecule is O=C(CCCc1ccccc1)N1CCN(CCS(=O)(=O)c2ccc(Cl)cc2)CC1. The minimum Gasteiger partial charge on any atom is -0.340 e. The summed E-state index contributed by atoms with van der Waals surface area (Å²) in [4.78, 5) is 16.7. The van der Waals surface area contributed by atoms with Crippen molar-refractivity contribution in [3.63, 3.8) is 0 Å². The third kappa shape index (κ3) is 6.56. The van der Waals surface area contributed by atoms with Crippen LogP contribution in [0.25, 0.3) is 0 Å². The molecule has 2 aromatic carbocycles. The second-order valence-electron chi connectivity index (χ2n) is 7.33. The molecule has 7 heteroatoms. The van der Waals surface area contributed by atoms with Gasteiger partial charge >= 0.3 is 0 Å². The maximum absolute atomic E-state index is 12.5. The normalized spacial score (nSPS) is 15.4. The van der Waals surface area contributed by atoms with Crippen LogP contribution in [0.1, 0.15) is 18.4 Å². The van der Waals surface area contributed by atoms with Crippen LogP contribution < -0.4 is 0 Å². The van der Waals surface area contributed by atoms with Crippen LogP contribution in [0.15, 0.2) is 59.5 Å². The number of halogens is 1. The van der Waals surface area contributed by atoms with Crippen molar-refractivity contribution in [3.05, 3.63) is 65.2 Å². The summed E-state index contributed by atoms with van der Waals surface area (Å²) in [6, 6.07) is 16.5. The van der Waals surface area contributed by atoms with Gasteiger partial charge in [-0.1, -0.05) is 41.9 Å². The average molecular weight is 435 g/mol. The lowest BCUT2D eigenvalue weighted by Gasteiger charge is -2.34. The Morgan fingerprint density at radius 2 is 1.59 bits per heavy atom. The van der Waals surface area contributed by atoms with Gasteiger partial charge in [0.15, 0.2) is 9.84 Å². The average Bonchev–Trinajstić information content (AvgIpc) is 2.74. The fourth-order valence-corrected chi connectivity index (χ4v) is 4.89. The lowest BCUT2D eigenvalue weighted by Crippen LogP contribution is -2.49. The summed E-state index contributed by atoms with van der Waals surface area (Å²) in [6.07, 6.45) is 2.32. The van der Waals surface area contributed by atoms with E-state index in [0.29, 0.717) is 49.1 Å². The molecule has 0 spiro atoms. The number of rotatable bonds is 8. The maximum atomic E-state index is 12.5. The van der Waals surface area contributed by atoms with Gasteiger partial charge in [-0.05, 0) is 42.7 Å². The van der Waals surface area contributed by atoms with Crippen LogP contribution in [0.3, 0.4) is 0 Å². The van der Waals surface area contributed by atoms with Crippen LogP contribution in [0, 0.1) is 0 Å². The zero-order chi connectivity index (χ0) is 20.7. The number of hydrogen-bond acceptors (Lipinski definition) is 4. The molecule has 0 aliphatic carbocycles. The minimum absolute atomic E-state index is 0.0691. The van der Waals surface area contributed by atoms with Gasteiger partial charge in [-0.2, -0.15) is 0 Å². The van der Waals surface area contributed by atoms with Gasteiger partial charge in [0.2, 0.25) is 5.91 Å². The van der Waals surface area contributed by atoms with Gasteiger partial charge < -0.3 is 4.90 Å². The fraction of sp³-hybridized carbons (Fsp3) is 0.409. The van der Waals surface area contributed by atoms with Crippen molar-refractivity contribution in [2.24, 2.45) is 0 Å².